The Bertz CT molecular complexity index is 480. The van der Waals surface area contributed by atoms with Crippen LogP contribution in [0.4, 0.5) is 4.79 Å². The third kappa shape index (κ3) is 3.96. The van der Waals surface area contributed by atoms with Gasteiger partial charge in [-0.2, -0.15) is 0 Å². The summed E-state index contributed by atoms with van der Waals surface area (Å²) in [5.41, 5.74) is 2.10. The zero-order valence-corrected chi connectivity index (χ0v) is 13.3. The van der Waals surface area contributed by atoms with Crippen molar-refractivity contribution >= 4 is 22.0 Å². The maximum absolute atomic E-state index is 12.1. The maximum atomic E-state index is 12.1. The molecule has 0 spiro atoms. The largest absolute Gasteiger partial charge is 0.444 e. The fraction of sp³-hybridized carbons (Fsp3) is 0.533. The molecule has 0 N–H and O–H groups in total. The molecule has 1 aromatic carbocycles. The normalized spacial score (nSPS) is 15.7. The van der Waals surface area contributed by atoms with E-state index in [4.69, 9.17) is 4.74 Å². The molecule has 1 aliphatic rings. The highest BCUT2D eigenvalue weighted by atomic mass is 79.9. The molecular weight excluding hydrogens is 306 g/mol. The third-order valence-electron chi connectivity index (χ3n) is 3.06. The fourth-order valence-corrected chi connectivity index (χ4v) is 2.62. The second-order valence-electron chi connectivity index (χ2n) is 5.92. The van der Waals surface area contributed by atoms with Crippen molar-refractivity contribution in [1.82, 2.24) is 4.90 Å². The van der Waals surface area contributed by atoms with Gasteiger partial charge in [-0.05, 0) is 56.9 Å². The average Bonchev–Trinajstić information content (AvgIpc) is 2.48. The second-order valence-corrected chi connectivity index (χ2v) is 6.83. The number of fused-ring (bicyclic) bond motifs is 1. The highest BCUT2D eigenvalue weighted by Gasteiger charge is 2.24. The molecular formula is C15H20BrNO2. The van der Waals surface area contributed by atoms with Crippen molar-refractivity contribution in [3.05, 3.63) is 33.8 Å². The van der Waals surface area contributed by atoms with Crippen LogP contribution in [0.5, 0.6) is 0 Å². The van der Waals surface area contributed by atoms with Crippen LogP contribution in [0.3, 0.4) is 0 Å². The molecule has 0 saturated carbocycles. The number of hydrogen-bond acceptors (Lipinski definition) is 2. The predicted octanol–water partition coefficient (Wildman–Crippen LogP) is 4.13. The van der Waals surface area contributed by atoms with E-state index in [0.717, 1.165) is 23.9 Å². The zero-order chi connectivity index (χ0) is 14.0. The van der Waals surface area contributed by atoms with Crippen molar-refractivity contribution in [2.75, 3.05) is 6.54 Å². The second kappa shape index (κ2) is 5.53. The van der Waals surface area contributed by atoms with Crippen LogP contribution in [0.25, 0.3) is 0 Å². The molecule has 19 heavy (non-hydrogen) atoms. The van der Waals surface area contributed by atoms with Gasteiger partial charge in [0.1, 0.15) is 5.60 Å². The number of carbonyl (C=O) groups excluding carboxylic acids is 1. The monoisotopic (exact) mass is 325 g/mol. The minimum atomic E-state index is -0.439. The Hall–Kier alpha value is -1.03. The van der Waals surface area contributed by atoms with Crippen LogP contribution in [-0.2, 0) is 17.7 Å². The minimum absolute atomic E-state index is 0.219. The lowest BCUT2D eigenvalue weighted by Crippen LogP contribution is -2.36. The Morgan fingerprint density at radius 1 is 1.32 bits per heavy atom. The van der Waals surface area contributed by atoms with Crippen molar-refractivity contribution in [2.24, 2.45) is 0 Å². The lowest BCUT2D eigenvalue weighted by atomic mass is 10.0. The van der Waals surface area contributed by atoms with Gasteiger partial charge in [0.25, 0.3) is 0 Å². The number of carbonyl (C=O) groups is 1. The topological polar surface area (TPSA) is 29.5 Å². The smallest absolute Gasteiger partial charge is 0.410 e. The molecule has 104 valence electrons. The first kappa shape index (κ1) is 14.4. The summed E-state index contributed by atoms with van der Waals surface area (Å²) in [5, 5.41) is 0. The van der Waals surface area contributed by atoms with Gasteiger partial charge in [-0.15, -0.1) is 0 Å². The number of rotatable bonds is 0. The summed E-state index contributed by atoms with van der Waals surface area (Å²) in [6.07, 6.45) is 1.76. The first-order chi connectivity index (χ1) is 8.85. The highest BCUT2D eigenvalue weighted by molar-refractivity contribution is 9.10. The number of ether oxygens (including phenoxy) is 1. The van der Waals surface area contributed by atoms with Crippen LogP contribution in [-0.4, -0.2) is 23.1 Å². The molecule has 3 nitrogen and oxygen atoms in total. The van der Waals surface area contributed by atoms with E-state index in [0.29, 0.717) is 6.54 Å². The van der Waals surface area contributed by atoms with Crippen molar-refractivity contribution < 1.29 is 9.53 Å². The SMILES string of the molecule is CC(C)(C)OC(=O)N1CCCc2cc(Br)ccc2C1. The molecule has 0 aliphatic carbocycles. The Labute approximate surface area is 123 Å². The Kier molecular flexibility index (Phi) is 4.19. The van der Waals surface area contributed by atoms with E-state index >= 15 is 0 Å². The lowest BCUT2D eigenvalue weighted by molar-refractivity contribution is 0.0237. The van der Waals surface area contributed by atoms with Crippen LogP contribution < -0.4 is 0 Å². The van der Waals surface area contributed by atoms with Gasteiger partial charge in [-0.1, -0.05) is 22.0 Å². The van der Waals surface area contributed by atoms with Crippen molar-refractivity contribution in [2.45, 2.75) is 45.8 Å². The molecule has 2 rings (SSSR count). The standard InChI is InChI=1S/C15H20BrNO2/c1-15(2,3)19-14(18)17-8-4-5-11-9-13(16)7-6-12(11)10-17/h6-7,9H,4-5,8,10H2,1-3H3. The summed E-state index contributed by atoms with van der Waals surface area (Å²) in [6, 6.07) is 6.26. The number of nitrogens with zero attached hydrogens (tertiary/aromatic N) is 1. The fourth-order valence-electron chi connectivity index (χ4n) is 2.21. The average molecular weight is 326 g/mol. The van der Waals surface area contributed by atoms with Crippen LogP contribution in [0.1, 0.15) is 38.3 Å². The molecule has 1 heterocycles. The van der Waals surface area contributed by atoms with Crippen LogP contribution >= 0.6 is 15.9 Å². The van der Waals surface area contributed by atoms with Gasteiger partial charge in [-0.3, -0.25) is 0 Å². The van der Waals surface area contributed by atoms with Crippen LogP contribution in [0, 0.1) is 0 Å². The number of hydrogen-bond donors (Lipinski definition) is 0. The van der Waals surface area contributed by atoms with E-state index in [9.17, 15) is 4.79 Å². The molecule has 0 unspecified atom stereocenters. The summed E-state index contributed by atoms with van der Waals surface area (Å²) in [5.74, 6) is 0. The van der Waals surface area contributed by atoms with E-state index < -0.39 is 5.60 Å². The first-order valence-electron chi connectivity index (χ1n) is 6.60. The van der Waals surface area contributed by atoms with Gasteiger partial charge in [0.05, 0.1) is 0 Å². The van der Waals surface area contributed by atoms with Crippen molar-refractivity contribution in [1.29, 1.82) is 0 Å². The predicted molar refractivity (Wildman–Crippen MR) is 79.1 cm³/mol. The summed E-state index contributed by atoms with van der Waals surface area (Å²) in [7, 11) is 0. The van der Waals surface area contributed by atoms with Crippen molar-refractivity contribution in [3.8, 4) is 0 Å². The van der Waals surface area contributed by atoms with E-state index in [2.05, 4.69) is 28.1 Å². The quantitative estimate of drug-likeness (QED) is 0.717. The van der Waals surface area contributed by atoms with E-state index in [1.54, 1.807) is 4.90 Å². The van der Waals surface area contributed by atoms with Gasteiger partial charge >= 0.3 is 6.09 Å². The Balaban J connectivity index is 2.13. The highest BCUT2D eigenvalue weighted by Crippen LogP contribution is 2.23. The van der Waals surface area contributed by atoms with Gasteiger partial charge < -0.3 is 9.64 Å². The van der Waals surface area contributed by atoms with Crippen LogP contribution in [0.15, 0.2) is 22.7 Å². The van der Waals surface area contributed by atoms with Crippen molar-refractivity contribution in [3.63, 3.8) is 0 Å². The summed E-state index contributed by atoms with van der Waals surface area (Å²) in [4.78, 5) is 13.9. The van der Waals surface area contributed by atoms with E-state index in [-0.39, 0.29) is 6.09 Å². The number of benzene rings is 1. The summed E-state index contributed by atoms with van der Waals surface area (Å²) < 4.78 is 6.54. The van der Waals surface area contributed by atoms with Gasteiger partial charge in [0, 0.05) is 17.6 Å². The molecule has 0 bridgehead atoms. The number of amides is 1. The van der Waals surface area contributed by atoms with E-state index in [1.165, 1.54) is 11.1 Å². The molecule has 1 aliphatic heterocycles. The number of aryl methyl sites for hydroxylation is 1. The molecule has 0 aromatic heterocycles. The minimum Gasteiger partial charge on any atom is -0.444 e. The third-order valence-corrected chi connectivity index (χ3v) is 3.55. The van der Waals surface area contributed by atoms with Gasteiger partial charge in [-0.25, -0.2) is 4.79 Å². The summed E-state index contributed by atoms with van der Waals surface area (Å²) in [6.45, 7) is 7.08. The molecule has 0 radical (unpaired) electrons. The molecule has 0 atom stereocenters. The Morgan fingerprint density at radius 3 is 2.74 bits per heavy atom. The first-order valence-corrected chi connectivity index (χ1v) is 7.40. The lowest BCUT2D eigenvalue weighted by Gasteiger charge is -2.26. The Morgan fingerprint density at radius 2 is 2.05 bits per heavy atom. The molecule has 1 aromatic rings. The molecule has 0 saturated heterocycles. The van der Waals surface area contributed by atoms with E-state index in [1.807, 2.05) is 26.8 Å². The summed E-state index contributed by atoms with van der Waals surface area (Å²) >= 11 is 3.49. The molecule has 1 amide bonds. The van der Waals surface area contributed by atoms with Gasteiger partial charge in [0.15, 0.2) is 0 Å². The maximum Gasteiger partial charge on any atom is 0.410 e. The zero-order valence-electron chi connectivity index (χ0n) is 11.7. The number of halogens is 1. The molecule has 0 fully saturated rings. The molecule has 4 heteroatoms. The van der Waals surface area contributed by atoms with Crippen LogP contribution in [0.2, 0.25) is 0 Å². The van der Waals surface area contributed by atoms with Gasteiger partial charge in [0.2, 0.25) is 0 Å².